The summed E-state index contributed by atoms with van der Waals surface area (Å²) >= 11 is 0. The number of aliphatic hydroxyl groups is 1. The lowest BCUT2D eigenvalue weighted by molar-refractivity contribution is 0.238. The van der Waals surface area contributed by atoms with E-state index in [0.717, 1.165) is 38.8 Å². The molecule has 2 rings (SSSR count). The zero-order chi connectivity index (χ0) is 15.1. The molecular weight excluding hydrogens is 270 g/mol. The summed E-state index contributed by atoms with van der Waals surface area (Å²) in [6, 6.07) is 0.426. The van der Waals surface area contributed by atoms with Crippen molar-refractivity contribution in [3.8, 4) is 6.01 Å². The van der Waals surface area contributed by atoms with Gasteiger partial charge in [0.25, 0.3) is 0 Å². The Morgan fingerprint density at radius 1 is 1.29 bits per heavy atom. The molecule has 1 aliphatic rings. The molecule has 1 fully saturated rings. The van der Waals surface area contributed by atoms with Gasteiger partial charge < -0.3 is 20.1 Å². The van der Waals surface area contributed by atoms with Gasteiger partial charge in [-0.05, 0) is 32.6 Å². The van der Waals surface area contributed by atoms with Gasteiger partial charge in [0.2, 0.25) is 11.9 Å². The van der Waals surface area contributed by atoms with Crippen LogP contribution >= 0.6 is 0 Å². The fraction of sp³-hybridized carbons (Fsp3) is 0.786. The van der Waals surface area contributed by atoms with Crippen molar-refractivity contribution in [2.24, 2.45) is 0 Å². The number of aliphatic hydroxyl groups excluding tert-OH is 1. The minimum Gasteiger partial charge on any atom is -0.463 e. The lowest BCUT2D eigenvalue weighted by atomic mass is 10.0. The van der Waals surface area contributed by atoms with Crippen LogP contribution in [0.5, 0.6) is 6.01 Å². The van der Waals surface area contributed by atoms with Gasteiger partial charge in [0.1, 0.15) is 0 Å². The van der Waals surface area contributed by atoms with Crippen LogP contribution in [0.1, 0.15) is 39.5 Å². The second-order valence-corrected chi connectivity index (χ2v) is 5.15. The average Bonchev–Trinajstić information content (AvgIpc) is 2.53. The third kappa shape index (κ3) is 4.17. The quantitative estimate of drug-likeness (QED) is 0.787. The Morgan fingerprint density at radius 3 is 2.86 bits per heavy atom. The van der Waals surface area contributed by atoms with Crippen LogP contribution in [-0.4, -0.2) is 52.4 Å². The minimum atomic E-state index is 0.0784. The van der Waals surface area contributed by atoms with Crippen LogP contribution in [0.2, 0.25) is 0 Å². The first-order valence-corrected chi connectivity index (χ1v) is 7.78. The van der Waals surface area contributed by atoms with E-state index in [1.807, 2.05) is 13.8 Å². The number of ether oxygens (including phenoxy) is 1. The van der Waals surface area contributed by atoms with Gasteiger partial charge in [-0.1, -0.05) is 6.92 Å². The van der Waals surface area contributed by atoms with E-state index < -0.39 is 0 Å². The summed E-state index contributed by atoms with van der Waals surface area (Å²) in [6.45, 7) is 6.33. The molecule has 0 bridgehead atoms. The zero-order valence-electron chi connectivity index (χ0n) is 12.9. The van der Waals surface area contributed by atoms with Crippen LogP contribution in [0.25, 0.3) is 0 Å². The molecular formula is C14H25N5O2. The monoisotopic (exact) mass is 295 g/mol. The highest BCUT2D eigenvalue weighted by molar-refractivity contribution is 5.39. The molecule has 0 spiro atoms. The SMILES string of the molecule is CCCOc1nc(NCC)nc(N2CCCCC2CO)n1. The predicted molar refractivity (Wildman–Crippen MR) is 81.8 cm³/mol. The van der Waals surface area contributed by atoms with E-state index >= 15 is 0 Å². The number of piperidine rings is 1. The molecule has 1 aliphatic heterocycles. The lowest BCUT2D eigenvalue weighted by Crippen LogP contribution is -2.43. The molecule has 1 atom stereocenters. The highest BCUT2D eigenvalue weighted by atomic mass is 16.5. The first-order valence-electron chi connectivity index (χ1n) is 7.78. The largest absolute Gasteiger partial charge is 0.463 e. The van der Waals surface area contributed by atoms with Crippen LogP contribution in [0.4, 0.5) is 11.9 Å². The minimum absolute atomic E-state index is 0.0784. The van der Waals surface area contributed by atoms with Crippen molar-refractivity contribution in [1.29, 1.82) is 0 Å². The molecule has 2 N–H and O–H groups in total. The summed E-state index contributed by atoms with van der Waals surface area (Å²) in [6.07, 6.45) is 4.08. The summed E-state index contributed by atoms with van der Waals surface area (Å²) < 4.78 is 5.55. The maximum atomic E-state index is 9.55. The molecule has 118 valence electrons. The van der Waals surface area contributed by atoms with E-state index in [1.54, 1.807) is 0 Å². The highest BCUT2D eigenvalue weighted by Gasteiger charge is 2.25. The number of anilines is 2. The predicted octanol–water partition coefficient (Wildman–Crippen LogP) is 1.44. The van der Waals surface area contributed by atoms with Gasteiger partial charge in [0, 0.05) is 13.1 Å². The second-order valence-electron chi connectivity index (χ2n) is 5.15. The van der Waals surface area contributed by atoms with Gasteiger partial charge >= 0.3 is 6.01 Å². The Hall–Kier alpha value is -1.63. The third-order valence-corrected chi connectivity index (χ3v) is 3.47. The number of aromatic nitrogens is 3. The van der Waals surface area contributed by atoms with Crippen molar-refractivity contribution in [2.75, 3.05) is 36.5 Å². The van der Waals surface area contributed by atoms with Crippen LogP contribution in [0.15, 0.2) is 0 Å². The summed E-state index contributed by atoms with van der Waals surface area (Å²) in [5, 5.41) is 12.7. The van der Waals surface area contributed by atoms with Gasteiger partial charge in [-0.2, -0.15) is 15.0 Å². The maximum Gasteiger partial charge on any atom is 0.323 e. The Balaban J connectivity index is 2.24. The second kappa shape index (κ2) is 7.97. The Kier molecular flexibility index (Phi) is 5.98. The molecule has 0 saturated carbocycles. The van der Waals surface area contributed by atoms with E-state index in [0.29, 0.717) is 24.5 Å². The van der Waals surface area contributed by atoms with Crippen molar-refractivity contribution in [2.45, 2.75) is 45.6 Å². The molecule has 0 aromatic carbocycles. The third-order valence-electron chi connectivity index (χ3n) is 3.47. The smallest absolute Gasteiger partial charge is 0.323 e. The molecule has 1 aromatic heterocycles. The van der Waals surface area contributed by atoms with E-state index in [-0.39, 0.29) is 12.6 Å². The Morgan fingerprint density at radius 2 is 2.14 bits per heavy atom. The molecule has 7 nitrogen and oxygen atoms in total. The highest BCUT2D eigenvalue weighted by Crippen LogP contribution is 2.23. The maximum absolute atomic E-state index is 9.55. The summed E-state index contributed by atoms with van der Waals surface area (Å²) in [5.41, 5.74) is 0. The van der Waals surface area contributed by atoms with E-state index in [9.17, 15) is 5.11 Å². The molecule has 7 heteroatoms. The fourth-order valence-corrected chi connectivity index (χ4v) is 2.42. The molecule has 1 aromatic rings. The number of hydrogen-bond donors (Lipinski definition) is 2. The Labute approximate surface area is 125 Å². The van der Waals surface area contributed by atoms with Crippen LogP contribution < -0.4 is 15.0 Å². The number of nitrogens with one attached hydrogen (secondary N) is 1. The van der Waals surface area contributed by atoms with Crippen LogP contribution in [0, 0.1) is 0 Å². The van der Waals surface area contributed by atoms with Crippen LogP contribution in [0.3, 0.4) is 0 Å². The first kappa shape index (κ1) is 15.8. The van der Waals surface area contributed by atoms with Crippen molar-refractivity contribution in [1.82, 2.24) is 15.0 Å². The van der Waals surface area contributed by atoms with Crippen molar-refractivity contribution < 1.29 is 9.84 Å². The fourth-order valence-electron chi connectivity index (χ4n) is 2.42. The topological polar surface area (TPSA) is 83.4 Å². The molecule has 2 heterocycles. The molecule has 0 amide bonds. The number of hydrogen-bond acceptors (Lipinski definition) is 7. The van der Waals surface area contributed by atoms with Gasteiger partial charge in [-0.15, -0.1) is 0 Å². The standard InChI is InChI=1S/C14H25N5O2/c1-3-9-21-14-17-12(15-4-2)16-13(18-14)19-8-6-5-7-11(19)10-20/h11,20H,3-10H2,1-2H3,(H,15,16,17,18). The summed E-state index contributed by atoms with van der Waals surface area (Å²) in [7, 11) is 0. The van der Waals surface area contributed by atoms with Crippen molar-refractivity contribution >= 4 is 11.9 Å². The zero-order valence-corrected chi connectivity index (χ0v) is 12.9. The van der Waals surface area contributed by atoms with Crippen molar-refractivity contribution in [3.05, 3.63) is 0 Å². The van der Waals surface area contributed by atoms with E-state index in [1.165, 1.54) is 0 Å². The normalized spacial score (nSPS) is 18.6. The van der Waals surface area contributed by atoms with Crippen LogP contribution in [-0.2, 0) is 0 Å². The molecule has 1 saturated heterocycles. The van der Waals surface area contributed by atoms with E-state index in [4.69, 9.17) is 4.74 Å². The first-order chi connectivity index (χ1) is 10.3. The van der Waals surface area contributed by atoms with Gasteiger partial charge in [0.05, 0.1) is 19.3 Å². The summed E-state index contributed by atoms with van der Waals surface area (Å²) in [5.74, 6) is 1.11. The van der Waals surface area contributed by atoms with Gasteiger partial charge in [0.15, 0.2) is 0 Å². The van der Waals surface area contributed by atoms with Crippen molar-refractivity contribution in [3.63, 3.8) is 0 Å². The number of rotatable bonds is 7. The van der Waals surface area contributed by atoms with E-state index in [2.05, 4.69) is 25.2 Å². The molecule has 21 heavy (non-hydrogen) atoms. The lowest BCUT2D eigenvalue weighted by Gasteiger charge is -2.34. The van der Waals surface area contributed by atoms with Gasteiger partial charge in [-0.3, -0.25) is 0 Å². The molecule has 0 radical (unpaired) electrons. The number of nitrogens with zero attached hydrogens (tertiary/aromatic N) is 4. The summed E-state index contributed by atoms with van der Waals surface area (Å²) in [4.78, 5) is 15.2. The molecule has 1 unspecified atom stereocenters. The van der Waals surface area contributed by atoms with Gasteiger partial charge in [-0.25, -0.2) is 0 Å². The average molecular weight is 295 g/mol. The Bertz CT molecular complexity index is 443. The molecule has 0 aliphatic carbocycles.